The Morgan fingerprint density at radius 3 is 2.58 bits per heavy atom. The first-order valence-electron chi connectivity index (χ1n) is 9.90. The number of aliphatic hydroxyl groups is 1. The molecule has 1 amide bonds. The normalized spacial score (nSPS) is 17.7. The molecule has 0 bridgehead atoms. The lowest BCUT2D eigenvalue weighted by molar-refractivity contribution is -0.140. The van der Waals surface area contributed by atoms with Gasteiger partial charge < -0.3 is 14.7 Å². The Bertz CT molecular complexity index is 1130. The number of ether oxygens (including phenoxy) is 1. The molecule has 3 heterocycles. The monoisotopic (exact) mass is 415 g/mol. The number of hydrogen-bond donors (Lipinski definition) is 1. The maximum Gasteiger partial charge on any atom is 0.295 e. The van der Waals surface area contributed by atoms with E-state index >= 15 is 0 Å². The first-order chi connectivity index (χ1) is 15.1. The molecule has 0 unspecified atom stereocenters. The van der Waals surface area contributed by atoms with Gasteiger partial charge in [-0.2, -0.15) is 0 Å². The van der Waals surface area contributed by atoms with E-state index in [1.54, 1.807) is 73.3 Å². The van der Waals surface area contributed by atoms with Gasteiger partial charge in [-0.15, -0.1) is 0 Å². The summed E-state index contributed by atoms with van der Waals surface area (Å²) in [6, 6.07) is 13.1. The number of Topliss-reactive ketones (excluding diaryl/α,β-unsaturated/α-hetero) is 1. The number of pyridine rings is 2. The minimum Gasteiger partial charge on any atom is -0.507 e. The second-order valence-electron chi connectivity index (χ2n) is 7.03. The van der Waals surface area contributed by atoms with Crippen molar-refractivity contribution in [2.24, 2.45) is 0 Å². The van der Waals surface area contributed by atoms with E-state index in [4.69, 9.17) is 4.74 Å². The van der Waals surface area contributed by atoms with Crippen molar-refractivity contribution in [2.45, 2.75) is 19.5 Å². The Hall–Kier alpha value is -4.00. The number of rotatable bonds is 6. The predicted octanol–water partition coefficient (Wildman–Crippen LogP) is 3.50. The van der Waals surface area contributed by atoms with Crippen LogP contribution in [0.25, 0.3) is 5.76 Å². The van der Waals surface area contributed by atoms with Crippen molar-refractivity contribution in [1.29, 1.82) is 0 Å². The van der Waals surface area contributed by atoms with Crippen LogP contribution >= 0.6 is 0 Å². The van der Waals surface area contributed by atoms with Gasteiger partial charge in [0, 0.05) is 36.9 Å². The molecule has 1 atom stereocenters. The van der Waals surface area contributed by atoms with Gasteiger partial charge in [0.1, 0.15) is 11.5 Å². The zero-order valence-electron chi connectivity index (χ0n) is 16.9. The van der Waals surface area contributed by atoms with Crippen LogP contribution in [-0.2, 0) is 16.1 Å². The summed E-state index contributed by atoms with van der Waals surface area (Å²) in [5.74, 6) is -1.09. The van der Waals surface area contributed by atoms with Gasteiger partial charge in [-0.3, -0.25) is 19.6 Å². The number of aliphatic hydroxyl groups excluding tert-OH is 1. The first kappa shape index (κ1) is 20.3. The highest BCUT2D eigenvalue weighted by molar-refractivity contribution is 6.46. The summed E-state index contributed by atoms with van der Waals surface area (Å²) in [5.41, 5.74) is 1.89. The highest BCUT2D eigenvalue weighted by atomic mass is 16.5. The van der Waals surface area contributed by atoms with E-state index in [-0.39, 0.29) is 17.9 Å². The Morgan fingerprint density at radius 2 is 1.87 bits per heavy atom. The number of carbonyl (C=O) groups is 2. The van der Waals surface area contributed by atoms with Crippen LogP contribution in [0.4, 0.5) is 0 Å². The van der Waals surface area contributed by atoms with E-state index in [0.717, 1.165) is 5.56 Å². The Morgan fingerprint density at radius 1 is 1.06 bits per heavy atom. The van der Waals surface area contributed by atoms with Crippen LogP contribution in [0.5, 0.6) is 5.75 Å². The Kier molecular flexibility index (Phi) is 5.75. The van der Waals surface area contributed by atoms with Crippen LogP contribution in [0, 0.1) is 0 Å². The third-order valence-electron chi connectivity index (χ3n) is 5.06. The van der Waals surface area contributed by atoms with E-state index in [1.165, 1.54) is 4.90 Å². The van der Waals surface area contributed by atoms with E-state index in [2.05, 4.69) is 9.97 Å². The number of nitrogens with zero attached hydrogens (tertiary/aromatic N) is 3. The van der Waals surface area contributed by atoms with Gasteiger partial charge in [-0.1, -0.05) is 18.2 Å². The summed E-state index contributed by atoms with van der Waals surface area (Å²) < 4.78 is 5.51. The highest BCUT2D eigenvalue weighted by Crippen LogP contribution is 2.40. The van der Waals surface area contributed by atoms with Crippen molar-refractivity contribution >= 4 is 17.4 Å². The molecule has 0 radical (unpaired) electrons. The number of hydrogen-bond acceptors (Lipinski definition) is 6. The molecule has 0 aliphatic carbocycles. The third kappa shape index (κ3) is 4.02. The lowest BCUT2D eigenvalue weighted by Gasteiger charge is -2.25. The number of likely N-dealkylation sites (tertiary alicyclic amines) is 1. The average molecular weight is 415 g/mol. The second-order valence-corrected chi connectivity index (χ2v) is 7.03. The minimum absolute atomic E-state index is 0.0284. The zero-order chi connectivity index (χ0) is 21.8. The van der Waals surface area contributed by atoms with Gasteiger partial charge in [0.15, 0.2) is 0 Å². The van der Waals surface area contributed by atoms with Crippen molar-refractivity contribution in [3.8, 4) is 5.75 Å². The van der Waals surface area contributed by atoms with E-state index < -0.39 is 17.7 Å². The van der Waals surface area contributed by atoms with Gasteiger partial charge in [-0.05, 0) is 48.4 Å². The quantitative estimate of drug-likeness (QED) is 0.376. The number of amides is 1. The topological polar surface area (TPSA) is 92.6 Å². The predicted molar refractivity (Wildman–Crippen MR) is 114 cm³/mol. The highest BCUT2D eigenvalue weighted by Gasteiger charge is 2.46. The lowest BCUT2D eigenvalue weighted by atomic mass is 9.96. The molecule has 2 aromatic heterocycles. The van der Waals surface area contributed by atoms with Gasteiger partial charge >= 0.3 is 0 Å². The number of benzene rings is 1. The fourth-order valence-corrected chi connectivity index (χ4v) is 3.67. The van der Waals surface area contributed by atoms with Crippen LogP contribution < -0.4 is 4.74 Å². The smallest absolute Gasteiger partial charge is 0.295 e. The molecule has 1 saturated heterocycles. The lowest BCUT2D eigenvalue weighted by Crippen LogP contribution is -2.29. The molecule has 1 fully saturated rings. The molecule has 0 saturated carbocycles. The molecular formula is C24H21N3O4. The van der Waals surface area contributed by atoms with E-state index in [9.17, 15) is 14.7 Å². The maximum absolute atomic E-state index is 13.0. The van der Waals surface area contributed by atoms with Crippen molar-refractivity contribution in [3.63, 3.8) is 0 Å². The molecule has 1 aliphatic rings. The number of aromatic nitrogens is 2. The fraction of sp³-hybridized carbons (Fsp3) is 0.167. The molecule has 156 valence electrons. The van der Waals surface area contributed by atoms with Crippen molar-refractivity contribution in [1.82, 2.24) is 14.9 Å². The zero-order valence-corrected chi connectivity index (χ0v) is 16.9. The summed E-state index contributed by atoms with van der Waals surface area (Å²) in [6.07, 6.45) is 6.47. The molecular weight excluding hydrogens is 394 g/mol. The van der Waals surface area contributed by atoms with Crippen molar-refractivity contribution < 1.29 is 19.4 Å². The van der Waals surface area contributed by atoms with Gasteiger partial charge in [0.2, 0.25) is 0 Å². The third-order valence-corrected chi connectivity index (χ3v) is 5.06. The standard InChI is InChI=1S/C24H21N3O4/c1-2-31-19-7-3-5-17(13-19)22(28)20-21(18-6-4-10-26-14-18)27(24(30)23(20)29)15-16-8-11-25-12-9-16/h3-14,21,28H,2,15H2,1H3/t21-/m1/s1. The maximum atomic E-state index is 13.0. The van der Waals surface area contributed by atoms with Crippen LogP contribution in [0.1, 0.15) is 29.7 Å². The molecule has 4 rings (SSSR count). The molecule has 1 N–H and O–H groups in total. The van der Waals surface area contributed by atoms with Crippen LogP contribution in [-0.4, -0.2) is 38.3 Å². The van der Waals surface area contributed by atoms with Gasteiger partial charge in [0.25, 0.3) is 11.7 Å². The summed E-state index contributed by atoms with van der Waals surface area (Å²) in [6.45, 7) is 2.53. The SMILES string of the molecule is CCOc1cccc(C(O)=C2C(=O)C(=O)N(Cc3ccncc3)[C@@H]2c2cccnc2)c1. The molecule has 31 heavy (non-hydrogen) atoms. The Balaban J connectivity index is 1.83. The first-order valence-corrected chi connectivity index (χ1v) is 9.90. The van der Waals surface area contributed by atoms with Crippen molar-refractivity contribution in [2.75, 3.05) is 6.61 Å². The minimum atomic E-state index is -0.766. The van der Waals surface area contributed by atoms with Crippen LogP contribution in [0.2, 0.25) is 0 Å². The molecule has 1 aliphatic heterocycles. The second kappa shape index (κ2) is 8.79. The molecule has 7 heteroatoms. The fourth-order valence-electron chi connectivity index (χ4n) is 3.67. The van der Waals surface area contributed by atoms with Crippen molar-refractivity contribution in [3.05, 3.63) is 95.6 Å². The number of carbonyl (C=O) groups excluding carboxylic acids is 2. The van der Waals surface area contributed by atoms with Gasteiger partial charge in [0.05, 0.1) is 18.2 Å². The van der Waals surface area contributed by atoms with Crippen LogP contribution in [0.3, 0.4) is 0 Å². The summed E-state index contributed by atoms with van der Waals surface area (Å²) >= 11 is 0. The van der Waals surface area contributed by atoms with Gasteiger partial charge in [-0.25, -0.2) is 0 Å². The summed E-state index contributed by atoms with van der Waals surface area (Å²) in [4.78, 5) is 35.6. The average Bonchev–Trinajstić information content (AvgIpc) is 3.05. The molecule has 7 nitrogen and oxygen atoms in total. The van der Waals surface area contributed by atoms with E-state index in [0.29, 0.717) is 23.5 Å². The Labute approximate surface area is 179 Å². The van der Waals surface area contributed by atoms with E-state index in [1.807, 2.05) is 6.92 Å². The summed E-state index contributed by atoms with van der Waals surface area (Å²) in [7, 11) is 0. The largest absolute Gasteiger partial charge is 0.507 e. The number of ketones is 1. The van der Waals surface area contributed by atoms with Crippen LogP contribution in [0.15, 0.2) is 78.9 Å². The molecule has 0 spiro atoms. The summed E-state index contributed by atoms with van der Waals surface area (Å²) in [5, 5.41) is 11.1. The molecule has 3 aromatic rings. The molecule has 1 aromatic carbocycles.